The van der Waals surface area contributed by atoms with Crippen LogP contribution in [0.4, 0.5) is 5.69 Å². The normalized spacial score (nSPS) is 11.6. The summed E-state index contributed by atoms with van der Waals surface area (Å²) >= 11 is 6.25. The third kappa shape index (κ3) is 4.21. The molecule has 1 rings (SSSR count). The molecular weight excluding hydrogens is 232 g/mol. The molecule has 0 aliphatic rings. The maximum Gasteiger partial charge on any atom is 0.0642 e. The Morgan fingerprint density at radius 2 is 1.94 bits per heavy atom. The summed E-state index contributed by atoms with van der Waals surface area (Å²) in [4.78, 5) is 0. The second kappa shape index (κ2) is 5.74. The second-order valence-electron chi connectivity index (χ2n) is 5.50. The molecule has 1 aromatic carbocycles. The molecule has 0 aliphatic carbocycles. The summed E-state index contributed by atoms with van der Waals surface area (Å²) in [6.07, 6.45) is 1.00. The molecule has 3 N–H and O–H groups in total. The molecular formula is C14H23ClN2. The minimum Gasteiger partial charge on any atom is -0.383 e. The number of halogens is 1. The highest BCUT2D eigenvalue weighted by Crippen LogP contribution is 2.29. The fourth-order valence-corrected chi connectivity index (χ4v) is 2.33. The van der Waals surface area contributed by atoms with Gasteiger partial charge in [0.15, 0.2) is 0 Å². The monoisotopic (exact) mass is 254 g/mol. The summed E-state index contributed by atoms with van der Waals surface area (Å²) in [5.41, 5.74) is 9.23. The highest BCUT2D eigenvalue weighted by atomic mass is 35.5. The first-order valence-electron chi connectivity index (χ1n) is 6.06. The lowest BCUT2D eigenvalue weighted by Gasteiger charge is -2.26. The van der Waals surface area contributed by atoms with E-state index in [-0.39, 0.29) is 5.41 Å². The Bertz CT molecular complexity index is 363. The third-order valence-electron chi connectivity index (χ3n) is 3.00. The zero-order valence-electron chi connectivity index (χ0n) is 11.2. The molecule has 0 radical (unpaired) electrons. The lowest BCUT2D eigenvalue weighted by molar-refractivity contribution is 0.365. The molecule has 0 aliphatic heterocycles. The first kappa shape index (κ1) is 14.3. The van der Waals surface area contributed by atoms with Gasteiger partial charge in [0.25, 0.3) is 0 Å². The summed E-state index contributed by atoms with van der Waals surface area (Å²) in [6.45, 7) is 10.2. The van der Waals surface area contributed by atoms with E-state index in [0.29, 0.717) is 0 Å². The van der Waals surface area contributed by atoms with Crippen LogP contribution in [0.5, 0.6) is 0 Å². The Labute approximate surface area is 110 Å². The van der Waals surface area contributed by atoms with Crippen molar-refractivity contribution < 1.29 is 0 Å². The van der Waals surface area contributed by atoms with Crippen molar-refractivity contribution in [1.29, 1.82) is 0 Å². The van der Waals surface area contributed by atoms with E-state index in [0.717, 1.165) is 30.2 Å². The molecule has 0 spiro atoms. The minimum absolute atomic E-state index is 0.190. The minimum atomic E-state index is 0.190. The summed E-state index contributed by atoms with van der Waals surface area (Å²) < 4.78 is 0. The lowest BCUT2D eigenvalue weighted by Crippen LogP contribution is -2.26. The van der Waals surface area contributed by atoms with Crippen LogP contribution in [0, 0.1) is 19.3 Å². The second-order valence-corrected chi connectivity index (χ2v) is 5.90. The van der Waals surface area contributed by atoms with Gasteiger partial charge in [-0.1, -0.05) is 31.5 Å². The predicted octanol–water partition coefficient (Wildman–Crippen LogP) is 3.74. The largest absolute Gasteiger partial charge is 0.383 e. The predicted molar refractivity (Wildman–Crippen MR) is 76.9 cm³/mol. The third-order valence-corrected chi connectivity index (χ3v) is 3.29. The van der Waals surface area contributed by atoms with E-state index < -0.39 is 0 Å². The fraction of sp³-hybridized carbons (Fsp3) is 0.571. The average Bonchev–Trinajstić information content (AvgIpc) is 2.15. The number of rotatable bonds is 5. The highest BCUT2D eigenvalue weighted by molar-refractivity contribution is 6.33. The number of hydrogen-bond acceptors (Lipinski definition) is 2. The van der Waals surface area contributed by atoms with Crippen molar-refractivity contribution in [3.8, 4) is 0 Å². The highest BCUT2D eigenvalue weighted by Gasteiger charge is 2.17. The molecule has 3 heteroatoms. The van der Waals surface area contributed by atoms with Crippen molar-refractivity contribution in [3.05, 3.63) is 28.3 Å². The van der Waals surface area contributed by atoms with Gasteiger partial charge in [-0.05, 0) is 49.4 Å². The number of anilines is 1. The van der Waals surface area contributed by atoms with Crippen LogP contribution in [-0.2, 0) is 0 Å². The molecule has 1 aromatic rings. The summed E-state index contributed by atoms with van der Waals surface area (Å²) in [7, 11) is 0. The van der Waals surface area contributed by atoms with E-state index in [2.05, 4.69) is 39.1 Å². The van der Waals surface area contributed by atoms with Gasteiger partial charge in [0, 0.05) is 6.54 Å². The van der Waals surface area contributed by atoms with Crippen LogP contribution >= 0.6 is 11.6 Å². The van der Waals surface area contributed by atoms with Crippen molar-refractivity contribution in [2.45, 2.75) is 34.1 Å². The Balaban J connectivity index is 2.76. The van der Waals surface area contributed by atoms with Crippen LogP contribution in [0.25, 0.3) is 0 Å². The summed E-state index contributed by atoms with van der Waals surface area (Å²) in [5, 5.41) is 4.24. The van der Waals surface area contributed by atoms with E-state index in [1.54, 1.807) is 0 Å². The molecule has 0 heterocycles. The van der Waals surface area contributed by atoms with E-state index in [4.69, 9.17) is 17.3 Å². The standard InChI is InChI=1S/C14H23ClN2/c1-10-7-11(2)13(12(15)8-10)17-9-14(3,4)5-6-16/h7-8,17H,5-6,9,16H2,1-4H3. The van der Waals surface area contributed by atoms with Crippen molar-refractivity contribution in [1.82, 2.24) is 0 Å². The molecule has 17 heavy (non-hydrogen) atoms. The van der Waals surface area contributed by atoms with Crippen molar-refractivity contribution in [2.75, 3.05) is 18.4 Å². The van der Waals surface area contributed by atoms with Gasteiger partial charge in [-0.25, -0.2) is 0 Å². The smallest absolute Gasteiger partial charge is 0.0642 e. The van der Waals surface area contributed by atoms with Crippen LogP contribution in [0.3, 0.4) is 0 Å². The quantitative estimate of drug-likeness (QED) is 0.840. The van der Waals surface area contributed by atoms with Crippen LogP contribution in [0.15, 0.2) is 12.1 Å². The molecule has 0 amide bonds. The molecule has 2 nitrogen and oxygen atoms in total. The first-order chi connectivity index (χ1) is 7.85. The topological polar surface area (TPSA) is 38.0 Å². The van der Waals surface area contributed by atoms with Gasteiger partial charge in [0.2, 0.25) is 0 Å². The van der Waals surface area contributed by atoms with Crippen molar-refractivity contribution in [3.63, 3.8) is 0 Å². The van der Waals surface area contributed by atoms with Gasteiger partial charge in [0.05, 0.1) is 10.7 Å². The molecule has 0 aromatic heterocycles. The van der Waals surface area contributed by atoms with Gasteiger partial charge >= 0.3 is 0 Å². The number of aryl methyl sites for hydroxylation is 2. The zero-order valence-corrected chi connectivity index (χ0v) is 12.0. The van der Waals surface area contributed by atoms with Gasteiger partial charge in [-0.15, -0.1) is 0 Å². The maximum atomic E-state index is 6.25. The Kier molecular flexibility index (Phi) is 4.84. The number of benzene rings is 1. The van der Waals surface area contributed by atoms with E-state index in [1.807, 2.05) is 6.07 Å². The fourth-order valence-electron chi connectivity index (χ4n) is 1.95. The Morgan fingerprint density at radius 1 is 1.29 bits per heavy atom. The van der Waals surface area contributed by atoms with Gasteiger partial charge in [-0.3, -0.25) is 0 Å². The summed E-state index contributed by atoms with van der Waals surface area (Å²) in [5.74, 6) is 0. The van der Waals surface area contributed by atoms with E-state index >= 15 is 0 Å². The molecule has 0 saturated heterocycles. The van der Waals surface area contributed by atoms with Crippen molar-refractivity contribution >= 4 is 17.3 Å². The van der Waals surface area contributed by atoms with Gasteiger partial charge in [0.1, 0.15) is 0 Å². The maximum absolute atomic E-state index is 6.25. The Morgan fingerprint density at radius 3 is 2.47 bits per heavy atom. The molecule has 0 bridgehead atoms. The number of nitrogens with two attached hydrogens (primary N) is 1. The zero-order chi connectivity index (χ0) is 13.1. The number of nitrogens with one attached hydrogen (secondary N) is 1. The molecule has 0 saturated carbocycles. The Hall–Kier alpha value is -0.730. The van der Waals surface area contributed by atoms with E-state index in [9.17, 15) is 0 Å². The van der Waals surface area contributed by atoms with E-state index in [1.165, 1.54) is 11.1 Å². The average molecular weight is 255 g/mol. The molecule has 96 valence electrons. The molecule has 0 unspecified atom stereocenters. The van der Waals surface area contributed by atoms with Crippen LogP contribution < -0.4 is 11.1 Å². The molecule has 0 fully saturated rings. The molecule has 0 atom stereocenters. The van der Waals surface area contributed by atoms with Crippen LogP contribution in [0.1, 0.15) is 31.4 Å². The van der Waals surface area contributed by atoms with Crippen LogP contribution in [0.2, 0.25) is 5.02 Å². The van der Waals surface area contributed by atoms with Gasteiger partial charge < -0.3 is 11.1 Å². The lowest BCUT2D eigenvalue weighted by atomic mass is 9.89. The SMILES string of the molecule is Cc1cc(C)c(NCC(C)(C)CCN)c(Cl)c1. The summed E-state index contributed by atoms with van der Waals surface area (Å²) in [6, 6.07) is 4.14. The van der Waals surface area contributed by atoms with Crippen molar-refractivity contribution in [2.24, 2.45) is 11.1 Å². The van der Waals surface area contributed by atoms with Gasteiger partial charge in [-0.2, -0.15) is 0 Å². The number of hydrogen-bond donors (Lipinski definition) is 2. The first-order valence-corrected chi connectivity index (χ1v) is 6.44. The van der Waals surface area contributed by atoms with Crippen LogP contribution in [-0.4, -0.2) is 13.1 Å².